The number of nitrogens with zero attached hydrogens (tertiary/aromatic N) is 3. The first-order chi connectivity index (χ1) is 12.8. The van der Waals surface area contributed by atoms with Gasteiger partial charge in [0.25, 0.3) is 5.91 Å². The number of anilines is 2. The van der Waals surface area contributed by atoms with Crippen LogP contribution in [0.2, 0.25) is 0 Å². The molecule has 3 aromatic rings. The first-order valence-corrected chi connectivity index (χ1v) is 9.14. The summed E-state index contributed by atoms with van der Waals surface area (Å²) in [4.78, 5) is 21.1. The Kier molecular flexibility index (Phi) is 4.93. The quantitative estimate of drug-likeness (QED) is 0.695. The zero-order valence-electron chi connectivity index (χ0n) is 15.3. The summed E-state index contributed by atoms with van der Waals surface area (Å²) >= 11 is 1.42. The number of benzene rings is 1. The number of primary amides is 1. The van der Waals surface area contributed by atoms with Gasteiger partial charge in [0.15, 0.2) is 0 Å². The Balaban J connectivity index is 1.95. The number of thiophene rings is 1. The van der Waals surface area contributed by atoms with E-state index in [1.54, 1.807) is 25.3 Å². The number of nitriles is 1. The summed E-state index contributed by atoms with van der Waals surface area (Å²) in [7, 11) is 0. The molecule has 136 valence electrons. The van der Waals surface area contributed by atoms with E-state index in [2.05, 4.69) is 21.4 Å². The monoisotopic (exact) mass is 377 g/mol. The van der Waals surface area contributed by atoms with Crippen LogP contribution in [0.3, 0.4) is 0 Å². The van der Waals surface area contributed by atoms with Crippen molar-refractivity contribution >= 4 is 28.1 Å². The Hall–Kier alpha value is -3.24. The van der Waals surface area contributed by atoms with E-state index in [9.17, 15) is 10.1 Å². The van der Waals surface area contributed by atoms with E-state index >= 15 is 0 Å². The number of hydrogen-bond acceptors (Lipinski definition) is 6. The predicted octanol–water partition coefficient (Wildman–Crippen LogP) is 4.16. The molecule has 0 aliphatic carbocycles. The number of nitrogens with one attached hydrogen (secondary N) is 1. The molecule has 0 saturated heterocycles. The van der Waals surface area contributed by atoms with E-state index < -0.39 is 11.3 Å². The fourth-order valence-corrected chi connectivity index (χ4v) is 3.64. The fraction of sp³-hybridized carbons (Fsp3) is 0.200. The molecule has 0 aliphatic rings. The van der Waals surface area contributed by atoms with Crippen LogP contribution in [0.1, 0.15) is 35.6 Å². The van der Waals surface area contributed by atoms with Crippen molar-refractivity contribution in [3.63, 3.8) is 0 Å². The summed E-state index contributed by atoms with van der Waals surface area (Å²) in [6.07, 6.45) is 1.65. The lowest BCUT2D eigenvalue weighted by Gasteiger charge is -2.15. The van der Waals surface area contributed by atoms with Gasteiger partial charge < -0.3 is 11.1 Å². The maximum absolute atomic E-state index is 11.9. The fourth-order valence-electron chi connectivity index (χ4n) is 2.57. The highest BCUT2D eigenvalue weighted by Crippen LogP contribution is 2.37. The van der Waals surface area contributed by atoms with E-state index in [-0.39, 0.29) is 0 Å². The summed E-state index contributed by atoms with van der Waals surface area (Å²) in [6.45, 7) is 5.55. The van der Waals surface area contributed by atoms with Gasteiger partial charge in [-0.1, -0.05) is 24.3 Å². The summed E-state index contributed by atoms with van der Waals surface area (Å²) in [6, 6.07) is 13.6. The number of nitrogens with two attached hydrogens (primary N) is 1. The topological polar surface area (TPSA) is 105 Å². The van der Waals surface area contributed by atoms with Crippen molar-refractivity contribution < 1.29 is 4.79 Å². The second kappa shape index (κ2) is 7.17. The number of carbonyl (C=O) groups is 1. The van der Waals surface area contributed by atoms with Crippen LogP contribution >= 0.6 is 11.3 Å². The lowest BCUT2D eigenvalue weighted by Crippen LogP contribution is -2.13. The summed E-state index contributed by atoms with van der Waals surface area (Å²) in [5.74, 6) is 0.727. The molecule has 1 amide bonds. The average molecular weight is 377 g/mol. The summed E-state index contributed by atoms with van der Waals surface area (Å²) < 4.78 is 0. The van der Waals surface area contributed by atoms with Gasteiger partial charge in [-0.25, -0.2) is 9.97 Å². The van der Waals surface area contributed by atoms with Gasteiger partial charge in [-0.05, 0) is 44.0 Å². The second-order valence-corrected chi connectivity index (χ2v) is 7.70. The van der Waals surface area contributed by atoms with Crippen LogP contribution in [0.15, 0.2) is 42.6 Å². The maximum Gasteiger partial charge on any atom is 0.251 e. The van der Waals surface area contributed by atoms with Gasteiger partial charge in [-0.2, -0.15) is 5.26 Å². The van der Waals surface area contributed by atoms with E-state index in [0.717, 1.165) is 16.0 Å². The molecule has 0 unspecified atom stereocenters. The molecule has 0 bridgehead atoms. The van der Waals surface area contributed by atoms with Crippen molar-refractivity contribution in [2.75, 3.05) is 5.32 Å². The minimum atomic E-state index is -0.552. The molecule has 0 spiro atoms. The van der Waals surface area contributed by atoms with Crippen LogP contribution in [0.25, 0.3) is 10.4 Å². The normalized spacial score (nSPS) is 11.0. The number of carbonyl (C=O) groups excluding carboxylic acids is 1. The van der Waals surface area contributed by atoms with E-state index in [1.165, 1.54) is 11.3 Å². The van der Waals surface area contributed by atoms with Crippen molar-refractivity contribution in [1.82, 2.24) is 9.97 Å². The van der Waals surface area contributed by atoms with Gasteiger partial charge in [-0.15, -0.1) is 11.3 Å². The average Bonchev–Trinajstić information content (AvgIpc) is 3.06. The molecule has 0 atom stereocenters. The molecule has 3 N–H and O–H groups in total. The van der Waals surface area contributed by atoms with Crippen LogP contribution in [-0.4, -0.2) is 15.9 Å². The molecule has 0 radical (unpaired) electrons. The standard InChI is InChI=1S/C20H19N5OS/c1-12-23-9-8-17(24-12)25-19-15(18(22)26)10-16(27-19)13-4-6-14(7-5-13)20(2,3)11-21/h4-10H,1-3H3,(H2,22,26)(H,23,24,25). The van der Waals surface area contributed by atoms with Gasteiger partial charge in [0, 0.05) is 11.1 Å². The highest BCUT2D eigenvalue weighted by atomic mass is 32.1. The third-order valence-electron chi connectivity index (χ3n) is 4.19. The van der Waals surface area contributed by atoms with Crippen LogP contribution < -0.4 is 11.1 Å². The molecule has 6 nitrogen and oxygen atoms in total. The molecule has 2 aromatic heterocycles. The van der Waals surface area contributed by atoms with E-state index in [4.69, 9.17) is 5.73 Å². The molecular weight excluding hydrogens is 358 g/mol. The third-order valence-corrected chi connectivity index (χ3v) is 5.29. The second-order valence-electron chi connectivity index (χ2n) is 6.65. The predicted molar refractivity (Wildman–Crippen MR) is 107 cm³/mol. The molecule has 7 heteroatoms. The lowest BCUT2D eigenvalue weighted by atomic mass is 9.86. The van der Waals surface area contributed by atoms with Gasteiger partial charge in [0.05, 0.1) is 17.0 Å². The SMILES string of the molecule is Cc1nccc(Nc2sc(-c3ccc(C(C)(C)C#N)cc3)cc2C(N)=O)n1. The number of aromatic nitrogens is 2. The molecular formula is C20H19N5OS. The van der Waals surface area contributed by atoms with Gasteiger partial charge in [-0.3, -0.25) is 4.79 Å². The Labute approximate surface area is 161 Å². The Bertz CT molecular complexity index is 1030. The zero-order valence-corrected chi connectivity index (χ0v) is 16.1. The molecule has 1 aromatic carbocycles. The lowest BCUT2D eigenvalue weighted by molar-refractivity contribution is 0.100. The van der Waals surface area contributed by atoms with E-state index in [1.807, 2.05) is 38.1 Å². The third kappa shape index (κ3) is 3.96. The molecule has 2 heterocycles. The maximum atomic E-state index is 11.9. The van der Waals surface area contributed by atoms with Gasteiger partial charge in [0.2, 0.25) is 0 Å². The summed E-state index contributed by atoms with van der Waals surface area (Å²) in [5, 5.41) is 13.1. The van der Waals surface area contributed by atoms with Crippen molar-refractivity contribution in [3.05, 3.63) is 59.5 Å². The van der Waals surface area contributed by atoms with Crippen LogP contribution in [0.5, 0.6) is 0 Å². The van der Waals surface area contributed by atoms with Gasteiger partial charge >= 0.3 is 0 Å². The summed E-state index contributed by atoms with van der Waals surface area (Å²) in [5.41, 5.74) is 7.30. The minimum Gasteiger partial charge on any atom is -0.366 e. The largest absolute Gasteiger partial charge is 0.366 e. The molecule has 3 rings (SSSR count). The number of hydrogen-bond donors (Lipinski definition) is 2. The minimum absolute atomic E-state index is 0.410. The Morgan fingerprint density at radius 3 is 2.56 bits per heavy atom. The van der Waals surface area contributed by atoms with Crippen LogP contribution in [-0.2, 0) is 5.41 Å². The molecule has 0 saturated carbocycles. The first kappa shape index (κ1) is 18.5. The number of rotatable bonds is 5. The Morgan fingerprint density at radius 2 is 1.96 bits per heavy atom. The highest BCUT2D eigenvalue weighted by Gasteiger charge is 2.20. The van der Waals surface area contributed by atoms with Crippen molar-refractivity contribution in [3.8, 4) is 16.5 Å². The number of aryl methyl sites for hydroxylation is 1. The van der Waals surface area contributed by atoms with Crippen molar-refractivity contribution in [1.29, 1.82) is 5.26 Å². The molecule has 0 aliphatic heterocycles. The highest BCUT2D eigenvalue weighted by molar-refractivity contribution is 7.19. The first-order valence-electron chi connectivity index (χ1n) is 8.32. The van der Waals surface area contributed by atoms with Crippen molar-refractivity contribution in [2.24, 2.45) is 5.73 Å². The Morgan fingerprint density at radius 1 is 1.26 bits per heavy atom. The van der Waals surface area contributed by atoms with Crippen molar-refractivity contribution in [2.45, 2.75) is 26.2 Å². The number of amides is 1. The van der Waals surface area contributed by atoms with Gasteiger partial charge in [0.1, 0.15) is 16.6 Å². The van der Waals surface area contributed by atoms with Crippen LogP contribution in [0.4, 0.5) is 10.8 Å². The zero-order chi connectivity index (χ0) is 19.6. The molecule has 27 heavy (non-hydrogen) atoms. The smallest absolute Gasteiger partial charge is 0.251 e. The molecule has 0 fully saturated rings. The van der Waals surface area contributed by atoms with E-state index in [0.29, 0.717) is 22.2 Å². The van der Waals surface area contributed by atoms with Crippen LogP contribution in [0, 0.1) is 18.3 Å².